The van der Waals surface area contributed by atoms with Gasteiger partial charge in [0.2, 0.25) is 5.91 Å². The number of nitrogens with one attached hydrogen (secondary N) is 1. The van der Waals surface area contributed by atoms with Crippen LogP contribution in [0.25, 0.3) is 0 Å². The fourth-order valence-electron chi connectivity index (χ4n) is 2.38. The standard InChI is InChI=1S/C16H22N2O3S2/c1-4-18(5-2)16(22)23-10-15(19)17-13-9-21-14-7-6-11(20-3)8-12(13)14/h6-8,13H,4-5,9-10H2,1-3H3,(H,17,19)/t13-/m1/s1. The molecular weight excluding hydrogens is 332 g/mol. The lowest BCUT2D eigenvalue weighted by Crippen LogP contribution is -2.33. The molecule has 1 amide bonds. The summed E-state index contributed by atoms with van der Waals surface area (Å²) in [7, 11) is 1.62. The predicted molar refractivity (Wildman–Crippen MR) is 97.3 cm³/mol. The lowest BCUT2D eigenvalue weighted by molar-refractivity contribution is -0.119. The Morgan fingerprint density at radius 1 is 1.48 bits per heavy atom. The number of amides is 1. The van der Waals surface area contributed by atoms with Crippen LogP contribution in [-0.2, 0) is 4.79 Å². The minimum Gasteiger partial charge on any atom is -0.497 e. The third-order valence-corrected chi connectivity index (χ3v) is 5.20. The minimum atomic E-state index is -0.143. The van der Waals surface area contributed by atoms with Crippen LogP contribution >= 0.6 is 24.0 Å². The van der Waals surface area contributed by atoms with Crippen LogP contribution in [0.2, 0.25) is 0 Å². The molecule has 0 aromatic heterocycles. The molecule has 1 aromatic rings. The number of nitrogens with zero attached hydrogens (tertiary/aromatic N) is 1. The Balaban J connectivity index is 1.89. The second kappa shape index (κ2) is 8.40. The molecule has 0 spiro atoms. The molecule has 1 aromatic carbocycles. The molecule has 0 saturated heterocycles. The summed E-state index contributed by atoms with van der Waals surface area (Å²) in [6.45, 7) is 6.26. The van der Waals surface area contributed by atoms with Gasteiger partial charge in [-0.05, 0) is 32.0 Å². The smallest absolute Gasteiger partial charge is 0.231 e. The van der Waals surface area contributed by atoms with Gasteiger partial charge in [-0.15, -0.1) is 0 Å². The number of thiocarbonyl (C=S) groups is 1. The largest absolute Gasteiger partial charge is 0.497 e. The Labute approximate surface area is 146 Å². The van der Waals surface area contributed by atoms with Gasteiger partial charge in [-0.1, -0.05) is 24.0 Å². The van der Waals surface area contributed by atoms with Gasteiger partial charge in [0, 0.05) is 18.7 Å². The highest BCUT2D eigenvalue weighted by Gasteiger charge is 2.26. The van der Waals surface area contributed by atoms with Crippen molar-refractivity contribution in [2.45, 2.75) is 19.9 Å². The number of fused-ring (bicyclic) bond motifs is 1. The van der Waals surface area contributed by atoms with Crippen molar-refractivity contribution in [3.8, 4) is 11.5 Å². The van der Waals surface area contributed by atoms with E-state index in [-0.39, 0.29) is 11.9 Å². The molecule has 5 nitrogen and oxygen atoms in total. The number of carbonyl (C=O) groups is 1. The van der Waals surface area contributed by atoms with Crippen molar-refractivity contribution < 1.29 is 14.3 Å². The normalized spacial score (nSPS) is 15.5. The summed E-state index contributed by atoms with van der Waals surface area (Å²) in [5.41, 5.74) is 0.953. The number of ether oxygens (including phenoxy) is 2. The first kappa shape index (κ1) is 17.9. The first-order valence-corrected chi connectivity index (χ1v) is 9.00. The maximum Gasteiger partial charge on any atom is 0.231 e. The Kier molecular flexibility index (Phi) is 6.53. The SMILES string of the molecule is CCN(CC)C(=S)SCC(=O)N[C@@H]1COc2ccc(OC)cc21. The van der Waals surface area contributed by atoms with E-state index >= 15 is 0 Å². The van der Waals surface area contributed by atoms with Crippen molar-refractivity contribution in [1.29, 1.82) is 0 Å². The summed E-state index contributed by atoms with van der Waals surface area (Å²) in [5, 5.41) is 3.00. The van der Waals surface area contributed by atoms with Crippen molar-refractivity contribution in [3.05, 3.63) is 23.8 Å². The average Bonchev–Trinajstić information content (AvgIpc) is 2.96. The molecule has 0 radical (unpaired) electrons. The fourth-order valence-corrected chi connectivity index (χ4v) is 3.59. The molecule has 1 heterocycles. The Bertz CT molecular complexity index is 576. The molecule has 2 rings (SSSR count). The molecule has 0 aliphatic carbocycles. The summed E-state index contributed by atoms with van der Waals surface area (Å²) in [6, 6.07) is 5.47. The Hall–Kier alpha value is -1.47. The zero-order valence-electron chi connectivity index (χ0n) is 13.6. The van der Waals surface area contributed by atoms with Crippen LogP contribution in [0.4, 0.5) is 0 Å². The second-order valence-corrected chi connectivity index (χ2v) is 6.67. The Morgan fingerprint density at radius 2 is 2.22 bits per heavy atom. The van der Waals surface area contributed by atoms with E-state index in [0.29, 0.717) is 12.4 Å². The number of carbonyl (C=O) groups excluding carboxylic acids is 1. The van der Waals surface area contributed by atoms with Crippen LogP contribution in [0.5, 0.6) is 11.5 Å². The Morgan fingerprint density at radius 3 is 2.87 bits per heavy atom. The van der Waals surface area contributed by atoms with Gasteiger partial charge in [0.15, 0.2) is 0 Å². The van der Waals surface area contributed by atoms with Gasteiger partial charge in [-0.3, -0.25) is 4.79 Å². The van der Waals surface area contributed by atoms with E-state index in [9.17, 15) is 4.79 Å². The highest BCUT2D eigenvalue weighted by atomic mass is 32.2. The monoisotopic (exact) mass is 354 g/mol. The van der Waals surface area contributed by atoms with Crippen molar-refractivity contribution in [2.75, 3.05) is 32.6 Å². The molecule has 126 valence electrons. The molecule has 23 heavy (non-hydrogen) atoms. The van der Waals surface area contributed by atoms with Crippen LogP contribution in [0.1, 0.15) is 25.5 Å². The van der Waals surface area contributed by atoms with Gasteiger partial charge in [0.1, 0.15) is 22.4 Å². The number of rotatable bonds is 6. The summed E-state index contributed by atoms with van der Waals surface area (Å²) in [5.74, 6) is 1.81. The van der Waals surface area contributed by atoms with Gasteiger partial charge in [-0.25, -0.2) is 0 Å². The second-order valence-electron chi connectivity index (χ2n) is 5.06. The molecule has 1 aliphatic rings. The molecule has 7 heteroatoms. The van der Waals surface area contributed by atoms with Gasteiger partial charge in [-0.2, -0.15) is 0 Å². The third kappa shape index (κ3) is 4.51. The summed E-state index contributed by atoms with van der Waals surface area (Å²) in [6.07, 6.45) is 0. The molecule has 1 N–H and O–H groups in total. The van der Waals surface area contributed by atoms with Crippen LogP contribution in [0, 0.1) is 0 Å². The van der Waals surface area contributed by atoms with E-state index in [4.69, 9.17) is 21.7 Å². The zero-order valence-corrected chi connectivity index (χ0v) is 15.3. The van der Waals surface area contributed by atoms with Gasteiger partial charge in [0.25, 0.3) is 0 Å². The number of thioether (sulfide) groups is 1. The maximum atomic E-state index is 12.2. The van der Waals surface area contributed by atoms with E-state index in [1.54, 1.807) is 7.11 Å². The lowest BCUT2D eigenvalue weighted by atomic mass is 10.1. The number of methoxy groups -OCH3 is 1. The van der Waals surface area contributed by atoms with Gasteiger partial charge in [0.05, 0.1) is 18.9 Å². The fraction of sp³-hybridized carbons (Fsp3) is 0.500. The van der Waals surface area contributed by atoms with Crippen LogP contribution in [0.15, 0.2) is 18.2 Å². The average molecular weight is 354 g/mol. The lowest BCUT2D eigenvalue weighted by Gasteiger charge is -2.21. The zero-order chi connectivity index (χ0) is 16.8. The highest BCUT2D eigenvalue weighted by Crippen LogP contribution is 2.35. The van der Waals surface area contributed by atoms with Crippen LogP contribution in [0.3, 0.4) is 0 Å². The third-order valence-electron chi connectivity index (χ3n) is 3.68. The van der Waals surface area contributed by atoms with Crippen molar-refractivity contribution in [2.24, 2.45) is 0 Å². The highest BCUT2D eigenvalue weighted by molar-refractivity contribution is 8.23. The topological polar surface area (TPSA) is 50.8 Å². The summed E-state index contributed by atoms with van der Waals surface area (Å²) in [4.78, 5) is 14.2. The van der Waals surface area contributed by atoms with E-state index in [1.807, 2.05) is 18.2 Å². The quantitative estimate of drug-likeness (QED) is 0.793. The molecule has 0 unspecified atom stereocenters. The molecule has 1 atom stereocenters. The van der Waals surface area contributed by atoms with Crippen LogP contribution in [-0.4, -0.2) is 47.7 Å². The molecule has 0 fully saturated rings. The van der Waals surface area contributed by atoms with E-state index < -0.39 is 0 Å². The van der Waals surface area contributed by atoms with E-state index in [1.165, 1.54) is 11.8 Å². The predicted octanol–water partition coefficient (Wildman–Crippen LogP) is 2.60. The minimum absolute atomic E-state index is 0.0474. The summed E-state index contributed by atoms with van der Waals surface area (Å²) >= 11 is 6.73. The van der Waals surface area contributed by atoms with Gasteiger partial charge < -0.3 is 19.7 Å². The first-order chi connectivity index (χ1) is 11.1. The molecular formula is C16H22N2O3S2. The number of benzene rings is 1. The van der Waals surface area contributed by atoms with E-state index in [0.717, 1.165) is 34.5 Å². The van der Waals surface area contributed by atoms with Crippen LogP contribution < -0.4 is 14.8 Å². The summed E-state index contributed by atoms with van der Waals surface area (Å²) < 4.78 is 11.6. The molecule has 1 aliphatic heterocycles. The van der Waals surface area contributed by atoms with Crippen molar-refractivity contribution in [1.82, 2.24) is 10.2 Å². The first-order valence-electron chi connectivity index (χ1n) is 7.60. The molecule has 0 bridgehead atoms. The molecule has 0 saturated carbocycles. The van der Waals surface area contributed by atoms with Crippen molar-refractivity contribution >= 4 is 34.2 Å². The number of hydrogen-bond acceptors (Lipinski definition) is 5. The van der Waals surface area contributed by atoms with Crippen molar-refractivity contribution in [3.63, 3.8) is 0 Å². The number of hydrogen-bond donors (Lipinski definition) is 1. The van der Waals surface area contributed by atoms with Gasteiger partial charge >= 0.3 is 0 Å². The van der Waals surface area contributed by atoms with E-state index in [2.05, 4.69) is 24.1 Å². The maximum absolute atomic E-state index is 12.2.